The number of phenolic OH excluding ortho intramolecular Hbond substituents is 1. The summed E-state index contributed by atoms with van der Waals surface area (Å²) < 4.78 is 0. The first-order chi connectivity index (χ1) is 10.6. The predicted molar refractivity (Wildman–Crippen MR) is 91.1 cm³/mol. The van der Waals surface area contributed by atoms with Crippen molar-refractivity contribution in [2.75, 3.05) is 0 Å². The Morgan fingerprint density at radius 3 is 2.91 bits per heavy atom. The highest BCUT2D eigenvalue weighted by Gasteiger charge is 2.52. The van der Waals surface area contributed by atoms with Crippen LogP contribution < -0.4 is 0 Å². The molecule has 1 N–H and O–H groups in total. The molecule has 2 saturated carbocycles. The number of aryl methyl sites for hydroxylation is 1. The molecule has 0 heterocycles. The van der Waals surface area contributed by atoms with Gasteiger partial charge in [-0.2, -0.15) is 0 Å². The van der Waals surface area contributed by atoms with Gasteiger partial charge in [-0.3, -0.25) is 0 Å². The molecule has 0 bridgehead atoms. The average Bonchev–Trinajstić information content (AvgIpc) is 2.84. The maximum absolute atomic E-state index is 9.76. The Balaban J connectivity index is 1.69. The average molecular weight is 296 g/mol. The SMILES string of the molecule is CC/C=C1\CCC2C3CCc4cc(O)ccc4C3CCC12C. The van der Waals surface area contributed by atoms with E-state index in [1.807, 2.05) is 12.1 Å². The van der Waals surface area contributed by atoms with Crippen LogP contribution in [0.5, 0.6) is 5.75 Å². The minimum atomic E-state index is 0.437. The van der Waals surface area contributed by atoms with Crippen LogP contribution in [0, 0.1) is 17.3 Å². The lowest BCUT2D eigenvalue weighted by molar-refractivity contribution is 0.0812. The van der Waals surface area contributed by atoms with Crippen LogP contribution in [0.3, 0.4) is 0 Å². The van der Waals surface area contributed by atoms with Gasteiger partial charge in [-0.25, -0.2) is 0 Å². The second kappa shape index (κ2) is 5.15. The largest absolute Gasteiger partial charge is 0.508 e. The van der Waals surface area contributed by atoms with Gasteiger partial charge in [-0.15, -0.1) is 0 Å². The van der Waals surface area contributed by atoms with E-state index in [0.717, 1.165) is 24.2 Å². The zero-order valence-corrected chi connectivity index (χ0v) is 13.9. The van der Waals surface area contributed by atoms with Gasteiger partial charge in [-0.05, 0) is 91.4 Å². The van der Waals surface area contributed by atoms with Gasteiger partial charge in [0.25, 0.3) is 0 Å². The molecule has 0 aliphatic heterocycles. The second-order valence-electron chi connectivity index (χ2n) is 7.93. The summed E-state index contributed by atoms with van der Waals surface area (Å²) in [7, 11) is 0. The topological polar surface area (TPSA) is 20.2 Å². The van der Waals surface area contributed by atoms with Crippen molar-refractivity contribution in [3.63, 3.8) is 0 Å². The first-order valence-electron chi connectivity index (χ1n) is 9.15. The van der Waals surface area contributed by atoms with Crippen LogP contribution in [0.4, 0.5) is 0 Å². The summed E-state index contributed by atoms with van der Waals surface area (Å²) in [6.07, 6.45) is 11.6. The lowest BCUT2D eigenvalue weighted by Crippen LogP contribution is -2.40. The van der Waals surface area contributed by atoms with E-state index >= 15 is 0 Å². The molecule has 2 fully saturated rings. The Labute approximate surface area is 134 Å². The maximum atomic E-state index is 9.76. The van der Waals surface area contributed by atoms with E-state index < -0.39 is 0 Å². The Kier molecular flexibility index (Phi) is 3.36. The van der Waals surface area contributed by atoms with E-state index in [1.165, 1.54) is 44.1 Å². The second-order valence-corrected chi connectivity index (χ2v) is 7.93. The molecule has 0 spiro atoms. The van der Waals surface area contributed by atoms with Crippen LogP contribution in [-0.2, 0) is 6.42 Å². The van der Waals surface area contributed by atoms with Crippen LogP contribution >= 0.6 is 0 Å². The van der Waals surface area contributed by atoms with Gasteiger partial charge in [0, 0.05) is 0 Å². The van der Waals surface area contributed by atoms with Crippen molar-refractivity contribution >= 4 is 0 Å². The maximum Gasteiger partial charge on any atom is 0.115 e. The van der Waals surface area contributed by atoms with Gasteiger partial charge < -0.3 is 5.11 Å². The molecule has 0 aromatic heterocycles. The molecule has 1 heteroatoms. The molecule has 0 saturated heterocycles. The van der Waals surface area contributed by atoms with Gasteiger partial charge in [0.1, 0.15) is 5.75 Å². The number of hydrogen-bond donors (Lipinski definition) is 1. The zero-order valence-electron chi connectivity index (χ0n) is 13.9. The highest BCUT2D eigenvalue weighted by atomic mass is 16.3. The van der Waals surface area contributed by atoms with Crippen molar-refractivity contribution in [2.45, 2.75) is 64.7 Å². The molecule has 1 aromatic carbocycles. The number of rotatable bonds is 1. The fourth-order valence-corrected chi connectivity index (χ4v) is 6.00. The standard InChI is InChI=1S/C21H28O/c1-3-4-15-6-10-20-19-8-5-14-13-16(22)7-9-17(14)18(19)11-12-21(15,20)2/h4,7,9,13,18-20,22H,3,5-6,8,10-12H2,1-2H3/b15-4+. The summed E-state index contributed by atoms with van der Waals surface area (Å²) in [5.74, 6) is 2.92. The monoisotopic (exact) mass is 296 g/mol. The van der Waals surface area contributed by atoms with Gasteiger partial charge in [0.05, 0.1) is 0 Å². The molecule has 4 rings (SSSR count). The van der Waals surface area contributed by atoms with Crippen LogP contribution in [0.15, 0.2) is 29.8 Å². The number of allylic oxidation sites excluding steroid dienone is 2. The molecule has 22 heavy (non-hydrogen) atoms. The van der Waals surface area contributed by atoms with Crippen molar-refractivity contribution in [1.29, 1.82) is 0 Å². The minimum absolute atomic E-state index is 0.437. The Hall–Kier alpha value is -1.24. The first-order valence-corrected chi connectivity index (χ1v) is 9.15. The molecule has 1 nitrogen and oxygen atoms in total. The van der Waals surface area contributed by atoms with Crippen molar-refractivity contribution in [2.24, 2.45) is 17.3 Å². The summed E-state index contributed by atoms with van der Waals surface area (Å²) in [6, 6.07) is 6.12. The molecular weight excluding hydrogens is 268 g/mol. The lowest BCUT2D eigenvalue weighted by Gasteiger charge is -2.49. The molecule has 118 valence electrons. The van der Waals surface area contributed by atoms with Gasteiger partial charge in [0.15, 0.2) is 0 Å². The van der Waals surface area contributed by atoms with E-state index in [4.69, 9.17) is 0 Å². The molecule has 4 atom stereocenters. The molecule has 0 radical (unpaired) electrons. The molecule has 3 aliphatic rings. The molecule has 3 aliphatic carbocycles. The lowest BCUT2D eigenvalue weighted by atomic mass is 9.55. The highest BCUT2D eigenvalue weighted by Crippen LogP contribution is 2.62. The van der Waals surface area contributed by atoms with E-state index in [9.17, 15) is 5.11 Å². The van der Waals surface area contributed by atoms with Crippen molar-refractivity contribution < 1.29 is 5.11 Å². The van der Waals surface area contributed by atoms with Crippen LogP contribution in [0.25, 0.3) is 0 Å². The summed E-state index contributed by atoms with van der Waals surface area (Å²) in [5.41, 5.74) is 5.19. The normalized spacial score (nSPS) is 38.5. The number of benzene rings is 1. The Bertz CT molecular complexity index is 614. The summed E-state index contributed by atoms with van der Waals surface area (Å²) in [6.45, 7) is 4.83. The molecule has 0 amide bonds. The number of hydrogen-bond acceptors (Lipinski definition) is 1. The van der Waals surface area contributed by atoms with E-state index in [1.54, 1.807) is 11.1 Å². The molecule has 1 aromatic rings. The van der Waals surface area contributed by atoms with Crippen LogP contribution in [0.1, 0.15) is 69.4 Å². The van der Waals surface area contributed by atoms with Crippen molar-refractivity contribution in [3.8, 4) is 5.75 Å². The Morgan fingerprint density at radius 1 is 1.23 bits per heavy atom. The quantitative estimate of drug-likeness (QED) is 0.670. The first kappa shape index (κ1) is 14.4. The van der Waals surface area contributed by atoms with Gasteiger partial charge in [0.2, 0.25) is 0 Å². The van der Waals surface area contributed by atoms with Crippen molar-refractivity contribution in [1.82, 2.24) is 0 Å². The number of fused-ring (bicyclic) bond motifs is 5. The molecule has 4 unspecified atom stereocenters. The third-order valence-corrected chi connectivity index (χ3v) is 7.01. The predicted octanol–water partition coefficient (Wildman–Crippen LogP) is 5.58. The fraction of sp³-hybridized carbons (Fsp3) is 0.619. The highest BCUT2D eigenvalue weighted by molar-refractivity contribution is 5.40. The van der Waals surface area contributed by atoms with E-state index in [-0.39, 0.29) is 0 Å². The van der Waals surface area contributed by atoms with Gasteiger partial charge >= 0.3 is 0 Å². The van der Waals surface area contributed by atoms with Gasteiger partial charge in [-0.1, -0.05) is 31.6 Å². The smallest absolute Gasteiger partial charge is 0.115 e. The number of aromatic hydroxyl groups is 1. The summed E-state index contributed by atoms with van der Waals surface area (Å²) >= 11 is 0. The van der Waals surface area contributed by atoms with E-state index in [2.05, 4.69) is 26.0 Å². The van der Waals surface area contributed by atoms with Crippen LogP contribution in [-0.4, -0.2) is 5.11 Å². The molecular formula is C21H28O. The Morgan fingerprint density at radius 2 is 2.09 bits per heavy atom. The number of phenols is 1. The van der Waals surface area contributed by atoms with Crippen molar-refractivity contribution in [3.05, 3.63) is 41.0 Å². The zero-order chi connectivity index (χ0) is 15.3. The fourth-order valence-electron chi connectivity index (χ4n) is 6.00. The van der Waals surface area contributed by atoms with E-state index in [0.29, 0.717) is 11.2 Å². The summed E-state index contributed by atoms with van der Waals surface area (Å²) in [5, 5.41) is 9.76. The third-order valence-electron chi connectivity index (χ3n) is 7.01. The summed E-state index contributed by atoms with van der Waals surface area (Å²) in [4.78, 5) is 0. The van der Waals surface area contributed by atoms with Crippen LogP contribution in [0.2, 0.25) is 0 Å². The third kappa shape index (κ3) is 1.97. The minimum Gasteiger partial charge on any atom is -0.508 e.